The summed E-state index contributed by atoms with van der Waals surface area (Å²) in [5.41, 5.74) is 4.21. The maximum absolute atomic E-state index is 14.3. The normalized spacial score (nSPS) is 22.3. The first-order chi connectivity index (χ1) is 24.0. The zero-order valence-corrected chi connectivity index (χ0v) is 25.5. The Bertz CT molecular complexity index is 2400. The number of phenolic OH excluding ortho intramolecular Hbond substituents is 2. The first kappa shape index (κ1) is 31.4. The molecule has 17 nitrogen and oxygen atoms in total. The number of aliphatic hydroxyl groups excluding tert-OH is 4. The number of nitrogens with zero attached hydrogens (tertiary/aromatic N) is 3. The number of aromatic hydroxyl groups is 2. The number of nitro benzene ring substituents is 1. The van der Waals surface area contributed by atoms with Gasteiger partial charge in [0, 0.05) is 52.4 Å². The molecule has 2 aromatic heterocycles. The summed E-state index contributed by atoms with van der Waals surface area (Å²) in [6.07, 6.45) is -8.25. The number of H-pyrrole nitrogens is 1. The lowest BCUT2D eigenvalue weighted by molar-refractivity contribution is -0.384. The maximum Gasteiger partial charge on any atom is 0.276 e. The molecule has 2 aliphatic rings. The molecule has 1 saturated heterocycles. The molecule has 8 rings (SSSR count). The van der Waals surface area contributed by atoms with E-state index in [9.17, 15) is 50.3 Å². The van der Waals surface area contributed by atoms with Gasteiger partial charge in [0.25, 0.3) is 23.8 Å². The van der Waals surface area contributed by atoms with Gasteiger partial charge in [0.2, 0.25) is 0 Å². The van der Waals surface area contributed by atoms with Gasteiger partial charge >= 0.3 is 0 Å². The van der Waals surface area contributed by atoms with Crippen LogP contribution in [0.5, 0.6) is 11.5 Å². The quantitative estimate of drug-likeness (QED) is 0.0671. The number of hydrazine groups is 1. The summed E-state index contributed by atoms with van der Waals surface area (Å²) in [5, 5.41) is 75.5. The number of carbonyl (C=O) groups is 2. The van der Waals surface area contributed by atoms with Gasteiger partial charge < -0.3 is 45.2 Å². The van der Waals surface area contributed by atoms with E-state index < -0.39 is 54.1 Å². The van der Waals surface area contributed by atoms with Crippen molar-refractivity contribution in [1.29, 1.82) is 0 Å². The third-order valence-corrected chi connectivity index (χ3v) is 9.16. The Balaban J connectivity index is 1.35. The van der Waals surface area contributed by atoms with Crippen LogP contribution in [0.3, 0.4) is 0 Å². The van der Waals surface area contributed by atoms with Crippen molar-refractivity contribution in [1.82, 2.24) is 20.1 Å². The lowest BCUT2D eigenvalue weighted by atomic mass is 9.96. The van der Waals surface area contributed by atoms with Gasteiger partial charge in [-0.25, -0.2) is 10.4 Å². The lowest BCUT2D eigenvalue weighted by Gasteiger charge is -2.39. The van der Waals surface area contributed by atoms with E-state index in [-0.39, 0.29) is 62.2 Å². The highest BCUT2D eigenvalue weighted by Gasteiger charge is 2.46. The molecule has 5 atom stereocenters. The molecule has 0 unspecified atom stereocenters. The van der Waals surface area contributed by atoms with Crippen LogP contribution in [-0.2, 0) is 11.3 Å². The summed E-state index contributed by atoms with van der Waals surface area (Å²) in [6.45, 7) is -0.769. The highest BCUT2D eigenvalue weighted by Crippen LogP contribution is 2.45. The van der Waals surface area contributed by atoms with Crippen molar-refractivity contribution >= 4 is 61.1 Å². The van der Waals surface area contributed by atoms with E-state index in [1.54, 1.807) is 6.07 Å². The smallest absolute Gasteiger partial charge is 0.276 e. The fraction of sp³-hybridized carbons (Fsp3) is 0.212. The molecular formula is C33H27N5O12. The van der Waals surface area contributed by atoms with Crippen LogP contribution < -0.4 is 10.3 Å². The molecule has 50 heavy (non-hydrogen) atoms. The number of hydrogen-bond acceptors (Lipinski definition) is 13. The second-order valence-electron chi connectivity index (χ2n) is 12.1. The van der Waals surface area contributed by atoms with Crippen molar-refractivity contribution in [2.24, 2.45) is 0 Å². The molecule has 6 aromatic rings. The molecular weight excluding hydrogens is 658 g/mol. The van der Waals surface area contributed by atoms with E-state index in [0.717, 1.165) is 5.01 Å². The molecule has 0 aliphatic carbocycles. The summed E-state index contributed by atoms with van der Waals surface area (Å²) in [5.74, 6) is -1.75. The second-order valence-corrected chi connectivity index (χ2v) is 12.1. The number of nitro groups is 1. The highest BCUT2D eigenvalue weighted by molar-refractivity contribution is 6.39. The standard InChI is InChI=1S/C33H27N5O12/c39-12-21-28(42)29(43)30(44)33(49-21)50-37-20-10-16(41)6-8-18(20)23-25-24(22-17-7-5-15(40)9-19(17)35-26(22)27(23)37)31(45)36(32(25)46)34-11-13-1-3-14(4-2-13)38(47)48/h1-10,21,28-30,33-35,39-44H,11-12H2/t21-,28-,29+,30-,33+/m1/s1. The lowest BCUT2D eigenvalue weighted by Crippen LogP contribution is -2.61. The number of rotatable bonds is 7. The first-order valence-corrected chi connectivity index (χ1v) is 15.3. The van der Waals surface area contributed by atoms with E-state index in [2.05, 4.69) is 10.4 Å². The number of phenols is 2. The SMILES string of the molecule is O=C1c2c(c3c4ccc(O)cc4n(O[C@@H]4O[C@H](CO)[C@@H](O)[C@H](O)[C@H]4O)c3c3[nH]c4cc(O)ccc4c23)C(=O)N1NCc1ccc([N+](=O)[O-])cc1. The van der Waals surface area contributed by atoms with Crippen molar-refractivity contribution in [2.75, 3.05) is 6.61 Å². The van der Waals surface area contributed by atoms with Gasteiger partial charge in [-0.05, 0) is 29.8 Å². The predicted molar refractivity (Wildman–Crippen MR) is 173 cm³/mol. The van der Waals surface area contributed by atoms with Crippen molar-refractivity contribution in [2.45, 2.75) is 37.3 Å². The summed E-state index contributed by atoms with van der Waals surface area (Å²) >= 11 is 0. The van der Waals surface area contributed by atoms with Crippen molar-refractivity contribution in [3.05, 3.63) is 87.5 Å². The van der Waals surface area contributed by atoms with E-state index in [4.69, 9.17) is 9.57 Å². The number of aliphatic hydroxyl groups is 4. The summed E-state index contributed by atoms with van der Waals surface area (Å²) in [4.78, 5) is 48.4. The number of fused-ring (bicyclic) bond motifs is 10. The molecule has 2 amide bonds. The minimum Gasteiger partial charge on any atom is -0.508 e. The summed E-state index contributed by atoms with van der Waals surface area (Å²) < 4.78 is 6.79. The number of imide groups is 1. The van der Waals surface area contributed by atoms with Crippen molar-refractivity contribution in [3.63, 3.8) is 0 Å². The molecule has 256 valence electrons. The van der Waals surface area contributed by atoms with Crippen LogP contribution in [0, 0.1) is 10.1 Å². The Labute approximate surface area is 278 Å². The fourth-order valence-corrected chi connectivity index (χ4v) is 6.76. The minimum atomic E-state index is -1.82. The van der Waals surface area contributed by atoms with Crippen LogP contribution in [-0.4, -0.2) is 99.4 Å². The minimum absolute atomic E-state index is 0.0191. The molecule has 17 heteroatoms. The molecule has 2 aliphatic heterocycles. The molecule has 4 aromatic carbocycles. The van der Waals surface area contributed by atoms with Gasteiger partial charge in [0.1, 0.15) is 41.4 Å². The van der Waals surface area contributed by atoms with Gasteiger partial charge in [0.15, 0.2) is 0 Å². The number of ether oxygens (including phenoxy) is 1. The Morgan fingerprint density at radius 1 is 0.880 bits per heavy atom. The van der Waals surface area contributed by atoms with Crippen LogP contribution in [0.2, 0.25) is 0 Å². The molecule has 0 spiro atoms. The first-order valence-electron chi connectivity index (χ1n) is 15.3. The zero-order valence-electron chi connectivity index (χ0n) is 25.5. The molecule has 4 heterocycles. The van der Waals surface area contributed by atoms with E-state index in [1.165, 1.54) is 59.3 Å². The third-order valence-electron chi connectivity index (χ3n) is 9.16. The topological polar surface area (TPSA) is 253 Å². The van der Waals surface area contributed by atoms with Gasteiger partial charge in [0.05, 0.1) is 39.2 Å². The molecule has 8 N–H and O–H groups in total. The van der Waals surface area contributed by atoms with Gasteiger partial charge in [-0.15, -0.1) is 0 Å². The average molecular weight is 686 g/mol. The van der Waals surface area contributed by atoms with Crippen LogP contribution in [0.1, 0.15) is 26.3 Å². The second kappa shape index (κ2) is 11.4. The third kappa shape index (κ3) is 4.56. The molecule has 1 fully saturated rings. The van der Waals surface area contributed by atoms with E-state index in [0.29, 0.717) is 21.9 Å². The van der Waals surface area contributed by atoms with Gasteiger partial charge in [-0.1, -0.05) is 12.1 Å². The summed E-state index contributed by atoms with van der Waals surface area (Å²) in [6, 6.07) is 14.2. The number of nitrogens with one attached hydrogen (secondary N) is 2. The number of aromatic nitrogens is 2. The number of non-ortho nitro benzene ring substituents is 1. The van der Waals surface area contributed by atoms with Crippen LogP contribution in [0.15, 0.2) is 60.7 Å². The Hall–Kier alpha value is -5.82. The Morgan fingerprint density at radius 2 is 1.54 bits per heavy atom. The van der Waals surface area contributed by atoms with E-state index >= 15 is 0 Å². The number of carbonyl (C=O) groups excluding carboxylic acids is 2. The van der Waals surface area contributed by atoms with Gasteiger partial charge in [-0.3, -0.25) is 19.7 Å². The number of amides is 2. The monoisotopic (exact) mass is 685 g/mol. The van der Waals surface area contributed by atoms with Crippen molar-refractivity contribution in [3.8, 4) is 11.5 Å². The number of hydrogen-bond donors (Lipinski definition) is 8. The van der Waals surface area contributed by atoms with Gasteiger partial charge in [-0.2, -0.15) is 4.73 Å². The van der Waals surface area contributed by atoms with Crippen molar-refractivity contribution < 1.29 is 54.7 Å². The van der Waals surface area contributed by atoms with Crippen LogP contribution in [0.4, 0.5) is 5.69 Å². The number of aromatic amines is 1. The average Bonchev–Trinajstić information content (AvgIpc) is 3.70. The predicted octanol–water partition coefficient (Wildman–Crippen LogP) is 1.28. The maximum atomic E-state index is 14.3. The zero-order chi connectivity index (χ0) is 35.2. The van der Waals surface area contributed by atoms with Crippen LogP contribution >= 0.6 is 0 Å². The summed E-state index contributed by atoms with van der Waals surface area (Å²) in [7, 11) is 0. The van der Waals surface area contributed by atoms with Crippen LogP contribution in [0.25, 0.3) is 43.6 Å². The molecule has 0 saturated carbocycles. The fourth-order valence-electron chi connectivity index (χ4n) is 6.76. The molecule has 0 radical (unpaired) electrons. The Morgan fingerprint density at radius 3 is 2.22 bits per heavy atom. The largest absolute Gasteiger partial charge is 0.508 e. The molecule has 0 bridgehead atoms. The van der Waals surface area contributed by atoms with E-state index in [1.807, 2.05) is 0 Å². The number of benzene rings is 4. The highest BCUT2D eigenvalue weighted by atomic mass is 16.8. The Kier molecular flexibility index (Phi) is 7.15.